The smallest absolute Gasteiger partial charge is 0.308 e. The van der Waals surface area contributed by atoms with Gasteiger partial charge in [-0.2, -0.15) is 4.98 Å². The largest absolute Gasteiger partial charge is 0.469 e. The van der Waals surface area contributed by atoms with E-state index in [1.807, 2.05) is 12.1 Å². The van der Waals surface area contributed by atoms with Crippen LogP contribution in [-0.4, -0.2) is 34.2 Å². The summed E-state index contributed by atoms with van der Waals surface area (Å²) in [5, 5.41) is 7.19. The Morgan fingerprint density at radius 1 is 1.45 bits per heavy atom. The highest BCUT2D eigenvalue weighted by atomic mass is 16.5. The van der Waals surface area contributed by atoms with Crippen molar-refractivity contribution >= 4 is 11.8 Å². The fourth-order valence-electron chi connectivity index (χ4n) is 2.79. The Bertz CT molecular complexity index is 670. The average Bonchev–Trinajstić information content (AvgIpc) is 3.16. The van der Waals surface area contributed by atoms with E-state index in [0.717, 1.165) is 24.8 Å². The lowest BCUT2D eigenvalue weighted by atomic mass is 10.1. The topological polar surface area (TPSA) is 90.1 Å². The van der Waals surface area contributed by atoms with Crippen molar-refractivity contribution in [1.29, 1.82) is 0 Å². The maximum absolute atomic E-state index is 11.6. The molecule has 2 atom stereocenters. The number of carbonyl (C=O) groups excluding carboxylic acids is 1. The number of nitrogens with one attached hydrogen (secondary N) is 1. The third-order valence-electron chi connectivity index (χ3n) is 3.87. The number of nitrogens with zero attached hydrogens (tertiary/aromatic N) is 3. The zero-order chi connectivity index (χ0) is 15.5. The van der Waals surface area contributed by atoms with Gasteiger partial charge in [-0.05, 0) is 38.3 Å². The highest BCUT2D eigenvalue weighted by Crippen LogP contribution is 2.31. The Kier molecular flexibility index (Phi) is 4.04. The zero-order valence-electron chi connectivity index (χ0n) is 12.6. The summed E-state index contributed by atoms with van der Waals surface area (Å²) < 4.78 is 10.0. The molecule has 2 heterocycles. The van der Waals surface area contributed by atoms with Crippen molar-refractivity contribution in [3.05, 3.63) is 24.2 Å². The molecule has 1 aliphatic carbocycles. The third kappa shape index (κ3) is 2.93. The van der Waals surface area contributed by atoms with Gasteiger partial charge in [0.05, 0.1) is 18.6 Å². The molecule has 0 unspecified atom stereocenters. The second-order valence-corrected chi connectivity index (χ2v) is 5.42. The number of rotatable bonds is 4. The van der Waals surface area contributed by atoms with E-state index in [0.29, 0.717) is 17.5 Å². The van der Waals surface area contributed by atoms with Crippen LogP contribution < -0.4 is 5.32 Å². The second kappa shape index (κ2) is 6.13. The van der Waals surface area contributed by atoms with Gasteiger partial charge in [-0.15, -0.1) is 0 Å². The molecule has 0 aromatic carbocycles. The van der Waals surface area contributed by atoms with Gasteiger partial charge in [-0.25, -0.2) is 4.98 Å². The highest BCUT2D eigenvalue weighted by molar-refractivity contribution is 5.73. The fourth-order valence-corrected chi connectivity index (χ4v) is 2.79. The van der Waals surface area contributed by atoms with Crippen molar-refractivity contribution in [3.8, 4) is 11.5 Å². The Morgan fingerprint density at radius 2 is 2.32 bits per heavy atom. The van der Waals surface area contributed by atoms with E-state index in [4.69, 9.17) is 9.26 Å². The molecular formula is C15H18N4O3. The van der Waals surface area contributed by atoms with Crippen molar-refractivity contribution in [2.24, 2.45) is 5.92 Å². The molecule has 1 N–H and O–H groups in total. The molecule has 0 amide bonds. The van der Waals surface area contributed by atoms with Gasteiger partial charge in [-0.1, -0.05) is 5.16 Å². The number of pyridine rings is 1. The summed E-state index contributed by atoms with van der Waals surface area (Å²) in [6.07, 6.45) is 4.18. The van der Waals surface area contributed by atoms with Gasteiger partial charge in [0.15, 0.2) is 5.82 Å². The van der Waals surface area contributed by atoms with Crippen LogP contribution in [0, 0.1) is 12.8 Å². The molecule has 2 aromatic heterocycles. The van der Waals surface area contributed by atoms with Crippen molar-refractivity contribution in [3.63, 3.8) is 0 Å². The minimum atomic E-state index is -0.141. The summed E-state index contributed by atoms with van der Waals surface area (Å²) in [5.41, 5.74) is 0.768. The van der Waals surface area contributed by atoms with Crippen LogP contribution in [0.2, 0.25) is 0 Å². The van der Waals surface area contributed by atoms with E-state index < -0.39 is 0 Å². The van der Waals surface area contributed by atoms with Crippen LogP contribution in [0.15, 0.2) is 22.9 Å². The fraction of sp³-hybridized carbons (Fsp3) is 0.467. The molecule has 116 valence electrons. The van der Waals surface area contributed by atoms with Crippen molar-refractivity contribution in [2.45, 2.75) is 32.2 Å². The summed E-state index contributed by atoms with van der Waals surface area (Å²) in [6.45, 7) is 1.77. The number of esters is 1. The first-order valence-electron chi connectivity index (χ1n) is 7.27. The van der Waals surface area contributed by atoms with Gasteiger partial charge in [0.25, 0.3) is 5.89 Å². The van der Waals surface area contributed by atoms with Gasteiger partial charge in [-0.3, -0.25) is 4.79 Å². The number of hydrogen-bond donors (Lipinski definition) is 1. The Morgan fingerprint density at radius 3 is 3.05 bits per heavy atom. The van der Waals surface area contributed by atoms with E-state index in [-0.39, 0.29) is 17.9 Å². The zero-order valence-corrected chi connectivity index (χ0v) is 12.6. The lowest BCUT2D eigenvalue weighted by Crippen LogP contribution is -2.19. The molecule has 2 aromatic rings. The number of anilines is 1. The highest BCUT2D eigenvalue weighted by Gasteiger charge is 2.31. The summed E-state index contributed by atoms with van der Waals surface area (Å²) >= 11 is 0. The number of hydrogen-bond acceptors (Lipinski definition) is 7. The van der Waals surface area contributed by atoms with Gasteiger partial charge in [0, 0.05) is 12.2 Å². The molecule has 0 radical (unpaired) electrons. The maximum Gasteiger partial charge on any atom is 0.308 e. The van der Waals surface area contributed by atoms with Gasteiger partial charge >= 0.3 is 5.97 Å². The van der Waals surface area contributed by atoms with Crippen molar-refractivity contribution in [1.82, 2.24) is 15.1 Å². The standard InChI is InChI=1S/C15H18N4O3/c1-9-17-14(22-19-9)12-4-3-7-16-13(12)18-11-6-5-10(8-11)15(20)21-2/h3-4,7,10-11H,5-6,8H2,1-2H3,(H,16,18)/t10-,11+/m0/s1. The van der Waals surface area contributed by atoms with E-state index in [1.54, 1.807) is 13.1 Å². The van der Waals surface area contributed by atoms with Crippen molar-refractivity contribution in [2.75, 3.05) is 12.4 Å². The predicted octanol–water partition coefficient (Wildman–Crippen LogP) is 2.19. The Hall–Kier alpha value is -2.44. The molecule has 7 heteroatoms. The van der Waals surface area contributed by atoms with E-state index >= 15 is 0 Å². The predicted molar refractivity (Wildman–Crippen MR) is 79.0 cm³/mol. The maximum atomic E-state index is 11.6. The molecule has 1 saturated carbocycles. The summed E-state index contributed by atoms with van der Waals surface area (Å²) in [7, 11) is 1.43. The average molecular weight is 302 g/mol. The first kappa shape index (κ1) is 14.5. The Balaban J connectivity index is 1.75. The SMILES string of the molecule is COC(=O)[C@H]1CC[C@@H](Nc2ncccc2-c2nc(C)no2)C1. The lowest BCUT2D eigenvalue weighted by Gasteiger charge is -2.15. The molecule has 0 saturated heterocycles. The summed E-state index contributed by atoms with van der Waals surface area (Å²) in [6, 6.07) is 3.89. The van der Waals surface area contributed by atoms with Crippen LogP contribution in [0.4, 0.5) is 5.82 Å². The molecule has 0 spiro atoms. The van der Waals surface area contributed by atoms with Crippen molar-refractivity contribution < 1.29 is 14.1 Å². The monoisotopic (exact) mass is 302 g/mol. The minimum Gasteiger partial charge on any atom is -0.469 e. The van der Waals surface area contributed by atoms with Crippen LogP contribution in [-0.2, 0) is 9.53 Å². The molecule has 0 aliphatic heterocycles. The van der Waals surface area contributed by atoms with E-state index in [9.17, 15) is 4.79 Å². The third-order valence-corrected chi connectivity index (χ3v) is 3.87. The lowest BCUT2D eigenvalue weighted by molar-refractivity contribution is -0.145. The van der Waals surface area contributed by atoms with Crippen LogP contribution >= 0.6 is 0 Å². The normalized spacial score (nSPS) is 20.8. The molecule has 0 bridgehead atoms. The summed E-state index contributed by atoms with van der Waals surface area (Å²) in [4.78, 5) is 20.2. The molecular weight excluding hydrogens is 284 g/mol. The number of carbonyl (C=O) groups is 1. The first-order valence-corrected chi connectivity index (χ1v) is 7.27. The molecule has 1 aliphatic rings. The number of ether oxygens (including phenoxy) is 1. The van der Waals surface area contributed by atoms with Gasteiger partial charge in [0.1, 0.15) is 5.82 Å². The Labute approximate surface area is 128 Å². The van der Waals surface area contributed by atoms with E-state index in [2.05, 4.69) is 20.4 Å². The number of aromatic nitrogens is 3. The van der Waals surface area contributed by atoms with Crippen LogP contribution in [0.25, 0.3) is 11.5 Å². The first-order chi connectivity index (χ1) is 10.7. The molecule has 1 fully saturated rings. The minimum absolute atomic E-state index is 0.0414. The number of methoxy groups -OCH3 is 1. The van der Waals surface area contributed by atoms with E-state index in [1.165, 1.54) is 7.11 Å². The van der Waals surface area contributed by atoms with Gasteiger partial charge in [0.2, 0.25) is 0 Å². The molecule has 22 heavy (non-hydrogen) atoms. The van der Waals surface area contributed by atoms with Crippen LogP contribution in [0.3, 0.4) is 0 Å². The number of aryl methyl sites for hydroxylation is 1. The van der Waals surface area contributed by atoms with Crippen LogP contribution in [0.1, 0.15) is 25.1 Å². The van der Waals surface area contributed by atoms with Crippen LogP contribution in [0.5, 0.6) is 0 Å². The quantitative estimate of drug-likeness (QED) is 0.866. The second-order valence-electron chi connectivity index (χ2n) is 5.42. The van der Waals surface area contributed by atoms with Gasteiger partial charge < -0.3 is 14.6 Å². The molecule has 7 nitrogen and oxygen atoms in total. The molecule has 3 rings (SSSR count). The summed E-state index contributed by atoms with van der Waals surface area (Å²) in [5.74, 6) is 1.53.